The first-order valence-corrected chi connectivity index (χ1v) is 9.79. The van der Waals surface area contributed by atoms with Crippen molar-refractivity contribution in [3.05, 3.63) is 118 Å². The molecule has 2 N–H and O–H groups in total. The van der Waals surface area contributed by atoms with Gasteiger partial charge < -0.3 is 15.0 Å². The summed E-state index contributed by atoms with van der Waals surface area (Å²) in [7, 11) is 0. The number of hydrogen-bond donors (Lipinski definition) is 2. The molecule has 0 fully saturated rings. The summed E-state index contributed by atoms with van der Waals surface area (Å²) in [6.45, 7) is 4.27. The number of aliphatic hydroxyl groups excluding tert-OH is 1. The van der Waals surface area contributed by atoms with Gasteiger partial charge in [0.1, 0.15) is 5.76 Å². The van der Waals surface area contributed by atoms with E-state index in [0.29, 0.717) is 29.6 Å². The summed E-state index contributed by atoms with van der Waals surface area (Å²) in [5, 5.41) is 13.6. The van der Waals surface area contributed by atoms with Crippen molar-refractivity contribution in [3.63, 3.8) is 0 Å². The second kappa shape index (κ2) is 8.67. The van der Waals surface area contributed by atoms with E-state index < -0.39 is 0 Å². The van der Waals surface area contributed by atoms with Gasteiger partial charge in [-0.3, -0.25) is 14.6 Å². The lowest BCUT2D eigenvalue weighted by atomic mass is 10.1. The molecule has 6 heteroatoms. The van der Waals surface area contributed by atoms with E-state index >= 15 is 0 Å². The molecule has 0 radical (unpaired) electrons. The van der Waals surface area contributed by atoms with Crippen molar-refractivity contribution in [1.82, 2.24) is 14.9 Å². The fourth-order valence-electron chi connectivity index (χ4n) is 3.33. The Morgan fingerprint density at radius 3 is 2.39 bits per heavy atom. The predicted molar refractivity (Wildman–Crippen MR) is 121 cm³/mol. The first kappa shape index (κ1) is 20.1. The van der Waals surface area contributed by atoms with Crippen molar-refractivity contribution < 1.29 is 9.90 Å². The summed E-state index contributed by atoms with van der Waals surface area (Å²) in [6, 6.07) is 17.9. The van der Waals surface area contributed by atoms with Gasteiger partial charge in [-0.1, -0.05) is 36.9 Å². The summed E-state index contributed by atoms with van der Waals surface area (Å²) in [4.78, 5) is 29.6. The maximum absolute atomic E-state index is 13.0. The second-order valence-corrected chi connectivity index (χ2v) is 7.23. The van der Waals surface area contributed by atoms with E-state index in [1.54, 1.807) is 53.5 Å². The molecule has 0 saturated carbocycles. The van der Waals surface area contributed by atoms with Crippen LogP contribution in [0.5, 0.6) is 0 Å². The van der Waals surface area contributed by atoms with Gasteiger partial charge >= 0.3 is 0 Å². The molecule has 2 aromatic heterocycles. The highest BCUT2D eigenvalue weighted by Crippen LogP contribution is 2.15. The zero-order chi connectivity index (χ0) is 21.8. The molecule has 6 nitrogen and oxygen atoms in total. The molecular formula is C25H21N3O3. The summed E-state index contributed by atoms with van der Waals surface area (Å²) in [5.41, 5.74) is 2.76. The molecule has 0 atom stereocenters. The van der Waals surface area contributed by atoms with Gasteiger partial charge in [-0.15, -0.1) is 0 Å². The van der Waals surface area contributed by atoms with Crippen molar-refractivity contribution in [3.8, 4) is 0 Å². The Morgan fingerprint density at radius 1 is 0.968 bits per heavy atom. The van der Waals surface area contributed by atoms with Gasteiger partial charge in [0.2, 0.25) is 0 Å². The largest absolute Gasteiger partial charge is 0.508 e. The maximum Gasteiger partial charge on any atom is 0.258 e. The SMILES string of the molecule is C=C(O)c1ccc(Cn2ccc3ccc(C(=O)NCc4ccncc4)cc3c2=O)cc1. The molecule has 0 unspecified atom stereocenters. The third kappa shape index (κ3) is 4.53. The second-order valence-electron chi connectivity index (χ2n) is 7.23. The zero-order valence-electron chi connectivity index (χ0n) is 16.8. The number of rotatable bonds is 6. The quantitative estimate of drug-likeness (QED) is 0.471. The molecule has 0 aliphatic carbocycles. The van der Waals surface area contributed by atoms with Crippen molar-refractivity contribution in [1.29, 1.82) is 0 Å². The summed E-state index contributed by atoms with van der Waals surface area (Å²) in [6.07, 6.45) is 5.09. The third-order valence-corrected chi connectivity index (χ3v) is 5.08. The van der Waals surface area contributed by atoms with Crippen molar-refractivity contribution >= 4 is 22.4 Å². The average Bonchev–Trinajstić information content (AvgIpc) is 2.80. The predicted octanol–water partition coefficient (Wildman–Crippen LogP) is 3.90. The van der Waals surface area contributed by atoms with Crippen LogP contribution < -0.4 is 10.9 Å². The number of hydrogen-bond acceptors (Lipinski definition) is 4. The maximum atomic E-state index is 13.0. The number of pyridine rings is 2. The van der Waals surface area contributed by atoms with E-state index in [4.69, 9.17) is 0 Å². The van der Waals surface area contributed by atoms with Crippen LogP contribution in [-0.4, -0.2) is 20.6 Å². The number of fused-ring (bicyclic) bond motifs is 1. The number of carbonyl (C=O) groups excluding carboxylic acids is 1. The average molecular weight is 411 g/mol. The molecule has 0 aliphatic rings. The lowest BCUT2D eigenvalue weighted by molar-refractivity contribution is 0.0951. The molecule has 2 heterocycles. The molecular weight excluding hydrogens is 390 g/mol. The lowest BCUT2D eigenvalue weighted by Crippen LogP contribution is -2.24. The van der Waals surface area contributed by atoms with Gasteiger partial charge in [-0.05, 0) is 46.8 Å². The highest BCUT2D eigenvalue weighted by Gasteiger charge is 2.10. The first-order valence-electron chi connectivity index (χ1n) is 9.79. The summed E-state index contributed by atoms with van der Waals surface area (Å²) >= 11 is 0. The lowest BCUT2D eigenvalue weighted by Gasteiger charge is -2.10. The smallest absolute Gasteiger partial charge is 0.258 e. The summed E-state index contributed by atoms with van der Waals surface area (Å²) in [5.74, 6) is -0.238. The fourth-order valence-corrected chi connectivity index (χ4v) is 3.33. The Kier molecular flexibility index (Phi) is 5.62. The van der Waals surface area contributed by atoms with Crippen LogP contribution in [0.4, 0.5) is 0 Å². The van der Waals surface area contributed by atoms with Gasteiger partial charge in [0.05, 0.1) is 6.54 Å². The third-order valence-electron chi connectivity index (χ3n) is 5.08. The monoisotopic (exact) mass is 411 g/mol. The number of carbonyl (C=O) groups is 1. The molecule has 4 aromatic rings. The molecule has 2 aromatic carbocycles. The van der Waals surface area contributed by atoms with Crippen LogP contribution in [0.2, 0.25) is 0 Å². The first-order chi connectivity index (χ1) is 15.0. The topological polar surface area (TPSA) is 84.2 Å². The van der Waals surface area contributed by atoms with Gasteiger partial charge in [0.15, 0.2) is 0 Å². The van der Waals surface area contributed by atoms with Crippen LogP contribution in [0, 0.1) is 0 Å². The van der Waals surface area contributed by atoms with E-state index in [-0.39, 0.29) is 17.2 Å². The number of amides is 1. The minimum absolute atomic E-state index is 0.00385. The van der Waals surface area contributed by atoms with Gasteiger partial charge in [-0.2, -0.15) is 0 Å². The number of aliphatic hydroxyl groups is 1. The number of nitrogens with one attached hydrogen (secondary N) is 1. The molecule has 0 bridgehead atoms. The molecule has 4 rings (SSSR count). The highest BCUT2D eigenvalue weighted by molar-refractivity contribution is 5.98. The van der Waals surface area contributed by atoms with Crippen molar-refractivity contribution in [2.45, 2.75) is 13.1 Å². The van der Waals surface area contributed by atoms with E-state index in [2.05, 4.69) is 16.9 Å². The van der Waals surface area contributed by atoms with Crippen LogP contribution in [0.1, 0.15) is 27.0 Å². The molecule has 1 amide bonds. The van der Waals surface area contributed by atoms with Crippen molar-refractivity contribution in [2.24, 2.45) is 0 Å². The van der Waals surface area contributed by atoms with Crippen molar-refractivity contribution in [2.75, 3.05) is 0 Å². The Morgan fingerprint density at radius 2 is 1.68 bits per heavy atom. The highest BCUT2D eigenvalue weighted by atomic mass is 16.3. The molecule has 31 heavy (non-hydrogen) atoms. The zero-order valence-corrected chi connectivity index (χ0v) is 16.8. The van der Waals surface area contributed by atoms with Crippen LogP contribution >= 0.6 is 0 Å². The normalized spacial score (nSPS) is 10.7. The summed E-state index contributed by atoms with van der Waals surface area (Å²) < 4.78 is 1.60. The van der Waals surface area contributed by atoms with Crippen LogP contribution in [-0.2, 0) is 13.1 Å². The fraction of sp³-hybridized carbons (Fsp3) is 0.0800. The minimum Gasteiger partial charge on any atom is -0.508 e. The Bertz CT molecular complexity index is 1310. The standard InChI is InChI=1S/C25H21N3O3/c1-17(29)20-4-2-19(3-5-20)16-28-13-10-21-6-7-22(14-23(21)25(28)31)24(30)27-15-18-8-11-26-12-9-18/h2-14,29H,1,15-16H2,(H,27,30). The van der Waals surface area contributed by atoms with Gasteiger partial charge in [0, 0.05) is 41.6 Å². The van der Waals surface area contributed by atoms with Crippen LogP contribution in [0.3, 0.4) is 0 Å². The Labute approximate surface area is 179 Å². The van der Waals surface area contributed by atoms with Crippen LogP contribution in [0.25, 0.3) is 16.5 Å². The molecule has 0 aliphatic heterocycles. The number of benzene rings is 2. The molecule has 0 spiro atoms. The number of aromatic nitrogens is 2. The minimum atomic E-state index is -0.242. The van der Waals surface area contributed by atoms with E-state index in [9.17, 15) is 14.7 Å². The van der Waals surface area contributed by atoms with E-state index in [0.717, 1.165) is 16.5 Å². The Balaban J connectivity index is 1.57. The van der Waals surface area contributed by atoms with Crippen LogP contribution in [0.15, 0.2) is 90.6 Å². The molecule has 154 valence electrons. The number of nitrogens with zero attached hydrogens (tertiary/aromatic N) is 2. The Hall–Kier alpha value is -4.19. The van der Waals surface area contributed by atoms with Gasteiger partial charge in [0.25, 0.3) is 11.5 Å². The van der Waals surface area contributed by atoms with E-state index in [1.807, 2.05) is 30.3 Å². The molecule has 0 saturated heterocycles. The van der Waals surface area contributed by atoms with E-state index in [1.165, 1.54) is 0 Å². The van der Waals surface area contributed by atoms with Gasteiger partial charge in [-0.25, -0.2) is 0 Å².